The molecule has 0 bridgehead atoms. The van der Waals surface area contributed by atoms with Gasteiger partial charge in [-0.3, -0.25) is 0 Å². The van der Waals surface area contributed by atoms with Crippen molar-refractivity contribution in [1.82, 2.24) is 14.4 Å². The summed E-state index contributed by atoms with van der Waals surface area (Å²) >= 11 is 2.20. The van der Waals surface area contributed by atoms with E-state index in [-0.39, 0.29) is 29.8 Å². The van der Waals surface area contributed by atoms with E-state index in [4.69, 9.17) is 4.52 Å². The summed E-state index contributed by atoms with van der Waals surface area (Å²) in [5.41, 5.74) is 1.06. The number of hydrogen-bond donors (Lipinski definition) is 1. The lowest BCUT2D eigenvalue weighted by Gasteiger charge is -2.33. The molecular weight excluding hydrogens is 471 g/mol. The first kappa shape index (κ1) is 19.1. The maximum Gasteiger partial charge on any atom is 0.321 e. The Labute approximate surface area is 165 Å². The van der Waals surface area contributed by atoms with Gasteiger partial charge in [-0.15, -0.1) is 0 Å². The zero-order valence-electron chi connectivity index (χ0n) is 14.4. The van der Waals surface area contributed by atoms with Gasteiger partial charge in [-0.2, -0.15) is 4.31 Å². The van der Waals surface area contributed by atoms with Gasteiger partial charge in [-0.05, 0) is 60.7 Å². The molecule has 1 N–H and O–H groups in total. The van der Waals surface area contributed by atoms with E-state index >= 15 is 0 Å². The molecule has 3 rings (SSSR count). The number of aromatic nitrogens is 1. The number of urea groups is 1. The van der Waals surface area contributed by atoms with Gasteiger partial charge >= 0.3 is 6.03 Å². The van der Waals surface area contributed by atoms with Crippen LogP contribution in [-0.4, -0.2) is 55.0 Å². The number of hydrogen-bond acceptors (Lipinski definition) is 5. The first-order chi connectivity index (χ1) is 12.3. The maximum atomic E-state index is 12.8. The molecule has 1 aliphatic heterocycles. The molecule has 0 saturated carbocycles. The summed E-state index contributed by atoms with van der Waals surface area (Å²) in [4.78, 5) is 14.1. The third-order valence-electron chi connectivity index (χ3n) is 4.19. The monoisotopic (exact) mass is 490 g/mol. The molecule has 8 nitrogen and oxygen atoms in total. The summed E-state index contributed by atoms with van der Waals surface area (Å²) in [6.07, 6.45) is 0. The summed E-state index contributed by atoms with van der Waals surface area (Å²) < 4.78 is 33.0. The van der Waals surface area contributed by atoms with Crippen LogP contribution in [0.4, 0.5) is 10.5 Å². The largest absolute Gasteiger partial charge is 0.360 e. The lowest BCUT2D eigenvalue weighted by molar-refractivity contribution is 0.184. The van der Waals surface area contributed by atoms with E-state index in [1.54, 1.807) is 18.7 Å². The fraction of sp³-hybridized carbons (Fsp3) is 0.375. The maximum absolute atomic E-state index is 12.8. The van der Waals surface area contributed by atoms with Crippen molar-refractivity contribution in [3.63, 3.8) is 0 Å². The molecule has 0 spiro atoms. The standard InChI is InChI=1S/C16H19IN4O4S/c1-11-15(12(2)25-19-11)26(23,24)21-9-7-20(8-10-21)16(22)18-14-5-3-13(17)4-6-14/h3-6H,7-10H2,1-2H3,(H,18,22). The summed E-state index contributed by atoms with van der Waals surface area (Å²) in [6.45, 7) is 4.28. The topological polar surface area (TPSA) is 95.8 Å². The van der Waals surface area contributed by atoms with Crippen LogP contribution in [0.1, 0.15) is 11.5 Å². The molecule has 2 amide bonds. The van der Waals surface area contributed by atoms with Crippen LogP contribution in [0.5, 0.6) is 0 Å². The number of sulfonamides is 1. The third kappa shape index (κ3) is 3.86. The Kier molecular flexibility index (Phi) is 5.53. The zero-order chi connectivity index (χ0) is 18.9. The first-order valence-electron chi connectivity index (χ1n) is 8.03. The minimum atomic E-state index is -3.67. The zero-order valence-corrected chi connectivity index (χ0v) is 17.4. The molecule has 1 aromatic heterocycles. The van der Waals surface area contributed by atoms with E-state index in [1.165, 1.54) is 4.31 Å². The van der Waals surface area contributed by atoms with E-state index < -0.39 is 10.0 Å². The highest BCUT2D eigenvalue weighted by atomic mass is 127. The van der Waals surface area contributed by atoms with Gasteiger partial charge in [0.15, 0.2) is 5.76 Å². The molecule has 0 atom stereocenters. The molecule has 140 valence electrons. The number of piperazine rings is 1. The number of nitrogens with zero attached hydrogens (tertiary/aromatic N) is 3. The van der Waals surface area contributed by atoms with Gasteiger partial charge in [0.25, 0.3) is 0 Å². The van der Waals surface area contributed by atoms with Crippen molar-refractivity contribution in [2.75, 3.05) is 31.5 Å². The SMILES string of the molecule is Cc1noc(C)c1S(=O)(=O)N1CCN(C(=O)Nc2ccc(I)cc2)CC1. The molecule has 0 aliphatic carbocycles. The number of carbonyl (C=O) groups excluding carboxylic acids is 1. The Morgan fingerprint density at radius 1 is 1.15 bits per heavy atom. The highest BCUT2D eigenvalue weighted by molar-refractivity contribution is 14.1. The lowest BCUT2D eigenvalue weighted by Crippen LogP contribution is -2.51. The molecule has 2 heterocycles. The highest BCUT2D eigenvalue weighted by Crippen LogP contribution is 2.24. The van der Waals surface area contributed by atoms with E-state index in [1.807, 2.05) is 24.3 Å². The van der Waals surface area contributed by atoms with Crippen LogP contribution in [0.2, 0.25) is 0 Å². The van der Waals surface area contributed by atoms with Crippen molar-refractivity contribution in [3.05, 3.63) is 39.3 Å². The predicted molar refractivity (Wildman–Crippen MR) is 104 cm³/mol. The number of rotatable bonds is 3. The summed E-state index contributed by atoms with van der Waals surface area (Å²) in [5, 5.41) is 6.55. The Morgan fingerprint density at radius 3 is 2.31 bits per heavy atom. The van der Waals surface area contributed by atoms with Crippen molar-refractivity contribution < 1.29 is 17.7 Å². The van der Waals surface area contributed by atoms with Gasteiger partial charge < -0.3 is 14.7 Å². The smallest absolute Gasteiger partial charge is 0.321 e. The molecule has 10 heteroatoms. The van der Waals surface area contributed by atoms with Gasteiger partial charge in [-0.25, -0.2) is 13.2 Å². The van der Waals surface area contributed by atoms with E-state index in [2.05, 4.69) is 33.1 Å². The fourth-order valence-corrected chi connectivity index (χ4v) is 4.91. The van der Waals surface area contributed by atoms with Crippen LogP contribution in [-0.2, 0) is 10.0 Å². The van der Waals surface area contributed by atoms with Crippen LogP contribution in [0.3, 0.4) is 0 Å². The van der Waals surface area contributed by atoms with Gasteiger partial charge in [0.2, 0.25) is 10.0 Å². The Morgan fingerprint density at radius 2 is 1.77 bits per heavy atom. The van der Waals surface area contributed by atoms with E-state index in [9.17, 15) is 13.2 Å². The molecule has 0 unspecified atom stereocenters. The fourth-order valence-electron chi connectivity index (χ4n) is 2.84. The van der Waals surface area contributed by atoms with Crippen molar-refractivity contribution in [2.45, 2.75) is 18.7 Å². The average molecular weight is 490 g/mol. The predicted octanol–water partition coefficient (Wildman–Crippen LogP) is 2.43. The van der Waals surface area contributed by atoms with Crippen LogP contribution in [0.25, 0.3) is 0 Å². The molecule has 0 radical (unpaired) electrons. The molecule has 1 fully saturated rings. The minimum absolute atomic E-state index is 0.120. The van der Waals surface area contributed by atoms with Crippen molar-refractivity contribution >= 4 is 44.3 Å². The van der Waals surface area contributed by atoms with Crippen LogP contribution >= 0.6 is 22.6 Å². The highest BCUT2D eigenvalue weighted by Gasteiger charge is 2.34. The third-order valence-corrected chi connectivity index (χ3v) is 7.05. The summed E-state index contributed by atoms with van der Waals surface area (Å²) in [6, 6.07) is 7.24. The molecule has 1 aromatic carbocycles. The number of nitrogens with one attached hydrogen (secondary N) is 1. The molecule has 26 heavy (non-hydrogen) atoms. The number of benzene rings is 1. The van der Waals surface area contributed by atoms with E-state index in [0.717, 1.165) is 3.57 Å². The normalized spacial score (nSPS) is 15.9. The quantitative estimate of drug-likeness (QED) is 0.668. The van der Waals surface area contributed by atoms with Gasteiger partial charge in [-0.1, -0.05) is 5.16 Å². The molecule has 1 saturated heterocycles. The lowest BCUT2D eigenvalue weighted by atomic mass is 10.3. The van der Waals surface area contributed by atoms with Gasteiger partial charge in [0.05, 0.1) is 0 Å². The Bertz CT molecular complexity index is 883. The summed E-state index contributed by atoms with van der Waals surface area (Å²) in [7, 11) is -3.67. The molecule has 1 aliphatic rings. The van der Waals surface area contributed by atoms with Gasteiger partial charge in [0.1, 0.15) is 10.6 Å². The van der Waals surface area contributed by atoms with Crippen LogP contribution in [0.15, 0.2) is 33.7 Å². The number of halogens is 1. The van der Waals surface area contributed by atoms with Crippen molar-refractivity contribution in [3.8, 4) is 0 Å². The second-order valence-electron chi connectivity index (χ2n) is 5.98. The minimum Gasteiger partial charge on any atom is -0.360 e. The van der Waals surface area contributed by atoms with E-state index in [0.29, 0.717) is 24.5 Å². The Hall–Kier alpha value is -1.66. The van der Waals surface area contributed by atoms with Crippen molar-refractivity contribution in [1.29, 1.82) is 0 Å². The first-order valence-corrected chi connectivity index (χ1v) is 10.6. The second-order valence-corrected chi connectivity index (χ2v) is 9.10. The number of aryl methyl sites for hydroxylation is 2. The van der Waals surface area contributed by atoms with Crippen LogP contribution in [0, 0.1) is 17.4 Å². The Balaban J connectivity index is 1.63. The number of amides is 2. The van der Waals surface area contributed by atoms with Crippen LogP contribution < -0.4 is 5.32 Å². The number of carbonyl (C=O) groups is 1. The summed E-state index contributed by atoms with van der Waals surface area (Å²) in [5.74, 6) is 0.279. The molecular formula is C16H19IN4O4S. The number of anilines is 1. The van der Waals surface area contributed by atoms with Crippen molar-refractivity contribution in [2.24, 2.45) is 0 Å². The second kappa shape index (κ2) is 7.53. The molecule has 2 aromatic rings. The average Bonchev–Trinajstić information content (AvgIpc) is 2.96. The van der Waals surface area contributed by atoms with Gasteiger partial charge in [0, 0.05) is 35.4 Å².